The summed E-state index contributed by atoms with van der Waals surface area (Å²) >= 11 is 0. The summed E-state index contributed by atoms with van der Waals surface area (Å²) < 4.78 is 1.79. The topological polar surface area (TPSA) is 54.5 Å². The summed E-state index contributed by atoms with van der Waals surface area (Å²) in [6.07, 6.45) is 5.16. The molecular formula is C11H10N4. The Bertz CT molecular complexity index is 507. The molecule has 15 heavy (non-hydrogen) atoms. The lowest BCUT2D eigenvalue weighted by Gasteiger charge is -2.05. The Morgan fingerprint density at radius 3 is 3.00 bits per heavy atom. The molecule has 0 atom stereocenters. The van der Waals surface area contributed by atoms with E-state index in [1.165, 1.54) is 0 Å². The summed E-state index contributed by atoms with van der Waals surface area (Å²) in [5, 5.41) is 8.80. The van der Waals surface area contributed by atoms with Crippen LogP contribution in [0.15, 0.2) is 30.7 Å². The van der Waals surface area contributed by atoms with E-state index in [2.05, 4.69) is 9.97 Å². The van der Waals surface area contributed by atoms with Crippen molar-refractivity contribution in [3.8, 4) is 6.07 Å². The molecule has 0 bridgehead atoms. The van der Waals surface area contributed by atoms with Crippen molar-refractivity contribution in [3.63, 3.8) is 0 Å². The van der Waals surface area contributed by atoms with Gasteiger partial charge in [0.25, 0.3) is 0 Å². The van der Waals surface area contributed by atoms with Gasteiger partial charge in [0, 0.05) is 18.6 Å². The van der Waals surface area contributed by atoms with Crippen molar-refractivity contribution in [2.75, 3.05) is 0 Å². The molecule has 0 spiro atoms. The molecule has 0 radical (unpaired) electrons. The third-order valence-corrected chi connectivity index (χ3v) is 2.25. The second kappa shape index (κ2) is 3.93. The van der Waals surface area contributed by atoms with Gasteiger partial charge >= 0.3 is 0 Å². The van der Waals surface area contributed by atoms with Crippen LogP contribution in [0, 0.1) is 18.3 Å². The van der Waals surface area contributed by atoms with Crippen molar-refractivity contribution in [2.24, 2.45) is 0 Å². The van der Waals surface area contributed by atoms with E-state index >= 15 is 0 Å². The second-order valence-electron chi connectivity index (χ2n) is 3.26. The van der Waals surface area contributed by atoms with Crippen LogP contribution in [0.4, 0.5) is 0 Å². The number of hydrogen-bond donors (Lipinski definition) is 0. The molecule has 2 rings (SSSR count). The third-order valence-electron chi connectivity index (χ3n) is 2.25. The molecule has 0 saturated carbocycles. The maximum atomic E-state index is 8.80. The molecule has 0 aliphatic heterocycles. The average molecular weight is 198 g/mol. The van der Waals surface area contributed by atoms with Crippen molar-refractivity contribution >= 4 is 0 Å². The van der Waals surface area contributed by atoms with Crippen LogP contribution in [0.2, 0.25) is 0 Å². The molecule has 0 aromatic carbocycles. The lowest BCUT2D eigenvalue weighted by atomic mass is 10.2. The summed E-state index contributed by atoms with van der Waals surface area (Å²) in [7, 11) is 0. The van der Waals surface area contributed by atoms with Crippen LogP contribution in [-0.2, 0) is 6.54 Å². The van der Waals surface area contributed by atoms with Crippen LogP contribution >= 0.6 is 0 Å². The predicted molar refractivity (Wildman–Crippen MR) is 55.0 cm³/mol. The Morgan fingerprint density at radius 2 is 2.27 bits per heavy atom. The standard InChI is InChI=1S/C11H10N4/c1-9-3-2-4-13-10(9)8-15-6-5-14-11(15)7-12/h2-6H,8H2,1H3. The van der Waals surface area contributed by atoms with Crippen molar-refractivity contribution in [1.82, 2.24) is 14.5 Å². The van der Waals surface area contributed by atoms with Gasteiger partial charge in [-0.25, -0.2) is 4.98 Å². The second-order valence-corrected chi connectivity index (χ2v) is 3.26. The summed E-state index contributed by atoms with van der Waals surface area (Å²) in [6, 6.07) is 5.95. The van der Waals surface area contributed by atoms with Crippen molar-refractivity contribution < 1.29 is 0 Å². The molecular weight excluding hydrogens is 188 g/mol. The molecule has 4 heteroatoms. The minimum atomic E-state index is 0.417. The smallest absolute Gasteiger partial charge is 0.213 e. The molecule has 0 saturated heterocycles. The van der Waals surface area contributed by atoms with E-state index in [9.17, 15) is 0 Å². The molecule has 2 aromatic rings. The first-order valence-electron chi connectivity index (χ1n) is 4.63. The maximum Gasteiger partial charge on any atom is 0.213 e. The summed E-state index contributed by atoms with van der Waals surface area (Å²) in [4.78, 5) is 8.21. The van der Waals surface area contributed by atoms with Crippen LogP contribution in [0.25, 0.3) is 0 Å². The van der Waals surface area contributed by atoms with E-state index in [-0.39, 0.29) is 0 Å². The van der Waals surface area contributed by atoms with E-state index in [4.69, 9.17) is 5.26 Å². The van der Waals surface area contributed by atoms with Gasteiger partial charge in [-0.15, -0.1) is 0 Å². The van der Waals surface area contributed by atoms with Crippen molar-refractivity contribution in [3.05, 3.63) is 47.8 Å². The third kappa shape index (κ3) is 1.86. The van der Waals surface area contributed by atoms with E-state index < -0.39 is 0 Å². The Hall–Kier alpha value is -2.15. The number of rotatable bonds is 2. The van der Waals surface area contributed by atoms with Gasteiger partial charge in [0.15, 0.2) is 0 Å². The van der Waals surface area contributed by atoms with Gasteiger partial charge in [-0.1, -0.05) is 6.07 Å². The zero-order chi connectivity index (χ0) is 10.7. The molecule has 0 amide bonds. The Balaban J connectivity index is 2.31. The van der Waals surface area contributed by atoms with Crippen LogP contribution in [0.5, 0.6) is 0 Å². The van der Waals surface area contributed by atoms with Gasteiger partial charge in [0.05, 0.1) is 12.2 Å². The first kappa shape index (κ1) is 9.41. The fourth-order valence-electron chi connectivity index (χ4n) is 1.40. The van der Waals surface area contributed by atoms with E-state index in [0.717, 1.165) is 11.3 Å². The van der Waals surface area contributed by atoms with Gasteiger partial charge in [0.2, 0.25) is 5.82 Å². The van der Waals surface area contributed by atoms with Crippen LogP contribution in [0.1, 0.15) is 17.1 Å². The van der Waals surface area contributed by atoms with Crippen LogP contribution in [-0.4, -0.2) is 14.5 Å². The molecule has 0 aliphatic carbocycles. The molecule has 74 valence electrons. The number of nitriles is 1. The number of nitrogens with zero attached hydrogens (tertiary/aromatic N) is 4. The molecule has 0 N–H and O–H groups in total. The quantitative estimate of drug-likeness (QED) is 0.734. The lowest BCUT2D eigenvalue weighted by Crippen LogP contribution is -2.04. The normalized spacial score (nSPS) is 9.87. The number of aryl methyl sites for hydroxylation is 1. The molecule has 4 nitrogen and oxygen atoms in total. The number of aromatic nitrogens is 3. The lowest BCUT2D eigenvalue weighted by molar-refractivity contribution is 0.754. The number of imidazole rings is 1. The molecule has 2 aromatic heterocycles. The highest BCUT2D eigenvalue weighted by Crippen LogP contribution is 2.07. The first-order valence-corrected chi connectivity index (χ1v) is 4.63. The summed E-state index contributed by atoms with van der Waals surface area (Å²) in [5.41, 5.74) is 2.09. The van der Waals surface area contributed by atoms with Gasteiger partial charge in [-0.3, -0.25) is 4.98 Å². The highest BCUT2D eigenvalue weighted by atomic mass is 15.1. The molecule has 0 fully saturated rings. The highest BCUT2D eigenvalue weighted by molar-refractivity contribution is 5.20. The fourth-order valence-corrected chi connectivity index (χ4v) is 1.40. The average Bonchev–Trinajstić information content (AvgIpc) is 2.69. The number of pyridine rings is 1. The van der Waals surface area contributed by atoms with E-state index in [1.807, 2.05) is 25.1 Å². The van der Waals surface area contributed by atoms with Crippen LogP contribution in [0.3, 0.4) is 0 Å². The monoisotopic (exact) mass is 198 g/mol. The van der Waals surface area contributed by atoms with Gasteiger partial charge < -0.3 is 4.57 Å². The fraction of sp³-hybridized carbons (Fsp3) is 0.182. The Labute approximate surface area is 87.8 Å². The summed E-state index contributed by atoms with van der Waals surface area (Å²) in [6.45, 7) is 2.60. The minimum Gasteiger partial charge on any atom is -0.317 e. The first-order chi connectivity index (χ1) is 7.31. The van der Waals surface area contributed by atoms with Crippen molar-refractivity contribution in [2.45, 2.75) is 13.5 Å². The van der Waals surface area contributed by atoms with Crippen molar-refractivity contribution in [1.29, 1.82) is 5.26 Å². The zero-order valence-electron chi connectivity index (χ0n) is 8.38. The Kier molecular flexibility index (Phi) is 2.46. The van der Waals surface area contributed by atoms with Gasteiger partial charge in [0.1, 0.15) is 6.07 Å². The zero-order valence-corrected chi connectivity index (χ0v) is 8.38. The largest absolute Gasteiger partial charge is 0.317 e. The Morgan fingerprint density at radius 1 is 1.40 bits per heavy atom. The number of hydrogen-bond acceptors (Lipinski definition) is 3. The minimum absolute atomic E-state index is 0.417. The molecule has 2 heterocycles. The van der Waals surface area contributed by atoms with Gasteiger partial charge in [-0.05, 0) is 18.6 Å². The molecule has 0 aliphatic rings. The maximum absolute atomic E-state index is 8.80. The summed E-state index contributed by atoms with van der Waals surface area (Å²) in [5.74, 6) is 0.417. The highest BCUT2D eigenvalue weighted by Gasteiger charge is 2.04. The molecule has 0 unspecified atom stereocenters. The van der Waals surface area contributed by atoms with Crippen LogP contribution < -0.4 is 0 Å². The predicted octanol–water partition coefficient (Wildman–Crippen LogP) is 1.51. The SMILES string of the molecule is Cc1cccnc1Cn1ccnc1C#N. The van der Waals surface area contributed by atoms with E-state index in [1.54, 1.807) is 23.2 Å². The van der Waals surface area contributed by atoms with Gasteiger partial charge in [-0.2, -0.15) is 5.26 Å². The van der Waals surface area contributed by atoms with E-state index in [0.29, 0.717) is 12.4 Å².